The van der Waals surface area contributed by atoms with Crippen LogP contribution < -0.4 is 5.32 Å². The Labute approximate surface area is 106 Å². The van der Waals surface area contributed by atoms with E-state index < -0.39 is 0 Å². The first-order valence-electron chi connectivity index (χ1n) is 5.69. The molecule has 1 N–H and O–H groups in total. The van der Waals surface area contributed by atoms with Crippen LogP contribution in [0, 0.1) is 6.92 Å². The van der Waals surface area contributed by atoms with Crippen molar-refractivity contribution < 1.29 is 9.53 Å². The Morgan fingerprint density at radius 1 is 1.59 bits per heavy atom. The lowest BCUT2D eigenvalue weighted by Gasteiger charge is -2.12. The van der Waals surface area contributed by atoms with E-state index in [1.807, 2.05) is 0 Å². The van der Waals surface area contributed by atoms with Gasteiger partial charge in [-0.1, -0.05) is 6.58 Å². The van der Waals surface area contributed by atoms with Crippen LogP contribution in [0.3, 0.4) is 0 Å². The van der Waals surface area contributed by atoms with E-state index in [4.69, 9.17) is 4.74 Å². The topological polar surface area (TPSA) is 38.3 Å². The van der Waals surface area contributed by atoms with E-state index in [1.54, 1.807) is 18.3 Å². The Morgan fingerprint density at radius 3 is 2.82 bits per heavy atom. The van der Waals surface area contributed by atoms with Crippen LogP contribution in [0.2, 0.25) is 0 Å². The van der Waals surface area contributed by atoms with Crippen molar-refractivity contribution in [3.05, 3.63) is 34.0 Å². The zero-order valence-electron chi connectivity index (χ0n) is 10.6. The number of carbonyl (C=O) groups is 1. The van der Waals surface area contributed by atoms with Gasteiger partial charge in [0.2, 0.25) is 0 Å². The molecule has 0 spiro atoms. The summed E-state index contributed by atoms with van der Waals surface area (Å²) < 4.78 is 4.87. The van der Waals surface area contributed by atoms with Crippen LogP contribution in [0.15, 0.2) is 24.3 Å². The summed E-state index contributed by atoms with van der Waals surface area (Å²) in [5, 5.41) is 3.26. The Balaban J connectivity index is 2.40. The zero-order valence-corrected chi connectivity index (χ0v) is 11.4. The lowest BCUT2D eigenvalue weighted by Crippen LogP contribution is -2.24. The van der Waals surface area contributed by atoms with Gasteiger partial charge in [0.15, 0.2) is 0 Å². The van der Waals surface area contributed by atoms with Crippen LogP contribution >= 0.6 is 11.3 Å². The van der Waals surface area contributed by atoms with E-state index in [2.05, 4.69) is 37.9 Å². The molecule has 0 saturated carbocycles. The molecule has 0 bridgehead atoms. The second-order valence-electron chi connectivity index (χ2n) is 3.88. The lowest BCUT2D eigenvalue weighted by molar-refractivity contribution is -0.138. The summed E-state index contributed by atoms with van der Waals surface area (Å²) in [5.41, 5.74) is 0.465. The van der Waals surface area contributed by atoms with Crippen molar-refractivity contribution in [1.82, 2.24) is 5.32 Å². The number of rotatable bonds is 6. The monoisotopic (exact) mass is 253 g/mol. The summed E-state index contributed by atoms with van der Waals surface area (Å²) in [4.78, 5) is 13.9. The summed E-state index contributed by atoms with van der Waals surface area (Å²) in [7, 11) is 0. The van der Waals surface area contributed by atoms with Crippen molar-refractivity contribution in [3.8, 4) is 0 Å². The average Bonchev–Trinajstić information content (AvgIpc) is 2.72. The highest BCUT2D eigenvalue weighted by molar-refractivity contribution is 7.12. The molecule has 0 saturated heterocycles. The molecule has 0 fully saturated rings. The minimum atomic E-state index is -0.324. The molecule has 1 aromatic heterocycles. The van der Waals surface area contributed by atoms with Gasteiger partial charge in [0.1, 0.15) is 0 Å². The predicted molar refractivity (Wildman–Crippen MR) is 71.2 cm³/mol. The molecule has 0 aliphatic rings. The van der Waals surface area contributed by atoms with Gasteiger partial charge in [0.25, 0.3) is 0 Å². The molecule has 1 rings (SSSR count). The van der Waals surface area contributed by atoms with Crippen LogP contribution in [-0.4, -0.2) is 19.1 Å². The average molecular weight is 253 g/mol. The number of nitrogens with one attached hydrogen (secondary N) is 1. The normalized spacial score (nSPS) is 12.2. The SMILES string of the molecule is C=C(CNC(C)c1ccc(C)s1)C(=O)OCC. The molecule has 3 nitrogen and oxygen atoms in total. The highest BCUT2D eigenvalue weighted by atomic mass is 32.1. The number of ether oxygens (including phenoxy) is 1. The third-order valence-corrected chi connectivity index (χ3v) is 3.56. The largest absolute Gasteiger partial charge is 0.463 e. The van der Waals surface area contributed by atoms with Crippen molar-refractivity contribution in [2.75, 3.05) is 13.2 Å². The van der Waals surface area contributed by atoms with Gasteiger partial charge in [-0.15, -0.1) is 11.3 Å². The number of hydrogen-bond donors (Lipinski definition) is 1. The Bertz CT molecular complexity index is 398. The van der Waals surface area contributed by atoms with Crippen LogP contribution in [0.5, 0.6) is 0 Å². The molecule has 0 aromatic carbocycles. The first kappa shape index (κ1) is 13.9. The van der Waals surface area contributed by atoms with Gasteiger partial charge >= 0.3 is 5.97 Å². The standard InChI is InChI=1S/C13H19NO2S/c1-5-16-13(15)9(2)8-14-11(4)12-7-6-10(3)17-12/h6-7,11,14H,2,5,8H2,1,3-4H3. The molecule has 4 heteroatoms. The second kappa shape index (κ2) is 6.57. The number of thiophene rings is 1. The molecule has 0 radical (unpaired) electrons. The van der Waals surface area contributed by atoms with Crippen molar-refractivity contribution >= 4 is 17.3 Å². The van der Waals surface area contributed by atoms with Crippen molar-refractivity contribution in [3.63, 3.8) is 0 Å². The summed E-state index contributed by atoms with van der Waals surface area (Å²) >= 11 is 1.76. The fraction of sp³-hybridized carbons (Fsp3) is 0.462. The Hall–Kier alpha value is -1.13. The van der Waals surface area contributed by atoms with Crippen molar-refractivity contribution in [2.45, 2.75) is 26.8 Å². The third-order valence-electron chi connectivity index (χ3n) is 2.37. The molecule has 1 heterocycles. The van der Waals surface area contributed by atoms with Crippen LogP contribution in [0.1, 0.15) is 29.6 Å². The fourth-order valence-corrected chi connectivity index (χ4v) is 2.27. The quantitative estimate of drug-likeness (QED) is 0.626. The van der Waals surface area contributed by atoms with E-state index in [-0.39, 0.29) is 12.0 Å². The van der Waals surface area contributed by atoms with Gasteiger partial charge in [-0.2, -0.15) is 0 Å². The van der Waals surface area contributed by atoms with E-state index in [0.29, 0.717) is 18.7 Å². The zero-order chi connectivity index (χ0) is 12.8. The fourth-order valence-electron chi connectivity index (χ4n) is 1.37. The highest BCUT2D eigenvalue weighted by Crippen LogP contribution is 2.22. The molecule has 0 aliphatic heterocycles. The molecule has 1 aromatic rings. The second-order valence-corrected chi connectivity index (χ2v) is 5.19. The minimum absolute atomic E-state index is 0.222. The minimum Gasteiger partial charge on any atom is -0.463 e. The van der Waals surface area contributed by atoms with Crippen LogP contribution in [0.4, 0.5) is 0 Å². The molecular formula is C13H19NO2S. The first-order valence-corrected chi connectivity index (χ1v) is 6.50. The summed E-state index contributed by atoms with van der Waals surface area (Å²) in [5.74, 6) is -0.324. The Kier molecular flexibility index (Phi) is 5.38. The molecule has 17 heavy (non-hydrogen) atoms. The molecule has 1 unspecified atom stereocenters. The van der Waals surface area contributed by atoms with Gasteiger partial charge in [-0.25, -0.2) is 4.79 Å². The van der Waals surface area contributed by atoms with E-state index in [9.17, 15) is 4.79 Å². The van der Waals surface area contributed by atoms with E-state index in [1.165, 1.54) is 9.75 Å². The Morgan fingerprint density at radius 2 is 2.29 bits per heavy atom. The maximum absolute atomic E-state index is 11.3. The van der Waals surface area contributed by atoms with Gasteiger partial charge < -0.3 is 10.1 Å². The summed E-state index contributed by atoms with van der Waals surface area (Å²) in [6.45, 7) is 10.5. The number of carbonyl (C=O) groups excluding carboxylic acids is 1. The molecule has 0 amide bonds. The summed E-state index contributed by atoms with van der Waals surface area (Å²) in [6.07, 6.45) is 0. The molecule has 1 atom stereocenters. The molecule has 0 aliphatic carbocycles. The van der Waals surface area contributed by atoms with Gasteiger partial charge in [-0.05, 0) is 32.9 Å². The number of aryl methyl sites for hydroxylation is 1. The van der Waals surface area contributed by atoms with Gasteiger partial charge in [0, 0.05) is 27.9 Å². The maximum Gasteiger partial charge on any atom is 0.334 e. The maximum atomic E-state index is 11.3. The van der Waals surface area contributed by atoms with E-state index >= 15 is 0 Å². The molecular weight excluding hydrogens is 234 g/mol. The predicted octanol–water partition coefficient (Wildman–Crippen LogP) is 2.83. The summed E-state index contributed by atoms with van der Waals surface area (Å²) in [6, 6.07) is 4.42. The smallest absolute Gasteiger partial charge is 0.334 e. The van der Waals surface area contributed by atoms with Gasteiger partial charge in [0.05, 0.1) is 6.61 Å². The third kappa shape index (κ3) is 4.32. The number of esters is 1. The molecule has 94 valence electrons. The van der Waals surface area contributed by atoms with Crippen molar-refractivity contribution in [2.24, 2.45) is 0 Å². The van der Waals surface area contributed by atoms with Crippen LogP contribution in [-0.2, 0) is 9.53 Å². The van der Waals surface area contributed by atoms with Crippen molar-refractivity contribution in [1.29, 1.82) is 0 Å². The lowest BCUT2D eigenvalue weighted by atomic mass is 10.2. The van der Waals surface area contributed by atoms with Crippen LogP contribution in [0.25, 0.3) is 0 Å². The van der Waals surface area contributed by atoms with E-state index in [0.717, 1.165) is 0 Å². The highest BCUT2D eigenvalue weighted by Gasteiger charge is 2.11. The van der Waals surface area contributed by atoms with Gasteiger partial charge in [-0.3, -0.25) is 0 Å². The first-order chi connectivity index (χ1) is 8.04. The number of hydrogen-bond acceptors (Lipinski definition) is 4.